The van der Waals surface area contributed by atoms with E-state index in [4.69, 9.17) is 10.8 Å². The molecule has 0 bridgehead atoms. The van der Waals surface area contributed by atoms with Crippen LogP contribution in [0.5, 0.6) is 5.75 Å². The molecule has 0 spiro atoms. The zero-order valence-electron chi connectivity index (χ0n) is 8.63. The van der Waals surface area contributed by atoms with Crippen LogP contribution in [0, 0.1) is 0 Å². The number of alkyl halides is 3. The number of hydrogen-bond donors (Lipinski definition) is 3. The van der Waals surface area contributed by atoms with Gasteiger partial charge in [0.05, 0.1) is 5.56 Å². The first-order chi connectivity index (χ1) is 7.77. The Bertz CT molecular complexity index is 409. The number of aliphatic hydroxyl groups excluding tert-OH is 1. The minimum absolute atomic E-state index is 0.0410. The Kier molecular flexibility index (Phi) is 4.40. The maximum absolute atomic E-state index is 12.6. The summed E-state index contributed by atoms with van der Waals surface area (Å²) in [4.78, 5) is 0. The van der Waals surface area contributed by atoms with Gasteiger partial charge in [0.2, 0.25) is 0 Å². The van der Waals surface area contributed by atoms with Crippen molar-refractivity contribution in [1.82, 2.24) is 0 Å². The molecule has 7 heteroatoms. The normalized spacial score (nSPS) is 13.8. The molecule has 1 unspecified atom stereocenters. The Balaban J connectivity index is 3.28. The highest BCUT2D eigenvalue weighted by Crippen LogP contribution is 2.41. The van der Waals surface area contributed by atoms with E-state index in [9.17, 15) is 18.3 Å². The Hall–Kier alpha value is -0.790. The number of halogens is 4. The maximum Gasteiger partial charge on any atom is 0.420 e. The summed E-state index contributed by atoms with van der Waals surface area (Å²) in [5.41, 5.74) is 4.39. The molecule has 0 aliphatic carbocycles. The Morgan fingerprint density at radius 2 is 1.94 bits per heavy atom. The monoisotopic (exact) mass is 313 g/mol. The lowest BCUT2D eigenvalue weighted by Gasteiger charge is -2.17. The van der Waals surface area contributed by atoms with E-state index in [1.165, 1.54) is 6.07 Å². The maximum atomic E-state index is 12.6. The molecule has 3 nitrogen and oxygen atoms in total. The zero-order valence-corrected chi connectivity index (χ0v) is 10.2. The van der Waals surface area contributed by atoms with Crippen molar-refractivity contribution >= 4 is 15.9 Å². The molecule has 1 rings (SSSR count). The van der Waals surface area contributed by atoms with Crippen molar-refractivity contribution in [3.05, 3.63) is 27.7 Å². The van der Waals surface area contributed by atoms with Gasteiger partial charge in [-0.15, -0.1) is 0 Å². The molecule has 1 aromatic carbocycles. The van der Waals surface area contributed by atoms with Crippen molar-refractivity contribution in [2.75, 3.05) is 6.61 Å². The fraction of sp³-hybridized carbons (Fsp3) is 0.400. The highest BCUT2D eigenvalue weighted by molar-refractivity contribution is 9.10. The first-order valence-electron chi connectivity index (χ1n) is 4.73. The van der Waals surface area contributed by atoms with Gasteiger partial charge in [-0.25, -0.2) is 0 Å². The van der Waals surface area contributed by atoms with Crippen LogP contribution in [0.25, 0.3) is 0 Å². The van der Waals surface area contributed by atoms with E-state index in [1.807, 2.05) is 0 Å². The molecule has 1 atom stereocenters. The van der Waals surface area contributed by atoms with Gasteiger partial charge in [-0.3, -0.25) is 0 Å². The fourth-order valence-corrected chi connectivity index (χ4v) is 1.89. The van der Waals surface area contributed by atoms with Crippen LogP contribution in [-0.4, -0.2) is 16.8 Å². The molecule has 0 saturated carbocycles. The van der Waals surface area contributed by atoms with Gasteiger partial charge < -0.3 is 15.9 Å². The SMILES string of the molecule is NC(CCO)c1cc(Br)cc(C(F)(F)F)c1O. The lowest BCUT2D eigenvalue weighted by molar-refractivity contribution is -0.138. The second kappa shape index (κ2) is 5.24. The predicted molar refractivity (Wildman–Crippen MR) is 59.4 cm³/mol. The van der Waals surface area contributed by atoms with Crippen LogP contribution in [0.2, 0.25) is 0 Å². The van der Waals surface area contributed by atoms with Crippen molar-refractivity contribution in [2.24, 2.45) is 5.73 Å². The minimum Gasteiger partial charge on any atom is -0.507 e. The van der Waals surface area contributed by atoms with Crippen LogP contribution in [-0.2, 0) is 6.18 Å². The van der Waals surface area contributed by atoms with Gasteiger partial charge in [0.25, 0.3) is 0 Å². The second-order valence-corrected chi connectivity index (χ2v) is 4.42. The molecule has 0 aromatic heterocycles. The summed E-state index contributed by atoms with van der Waals surface area (Å²) >= 11 is 2.93. The van der Waals surface area contributed by atoms with E-state index in [0.29, 0.717) is 0 Å². The van der Waals surface area contributed by atoms with Crippen molar-refractivity contribution < 1.29 is 23.4 Å². The first kappa shape index (κ1) is 14.3. The lowest BCUT2D eigenvalue weighted by Crippen LogP contribution is -2.14. The van der Waals surface area contributed by atoms with Gasteiger partial charge in [0.1, 0.15) is 5.75 Å². The molecule has 0 saturated heterocycles. The molecule has 0 aliphatic heterocycles. The number of hydrogen-bond acceptors (Lipinski definition) is 3. The smallest absolute Gasteiger partial charge is 0.420 e. The number of aliphatic hydroxyl groups is 1. The molecule has 17 heavy (non-hydrogen) atoms. The average Bonchev–Trinajstić information content (AvgIpc) is 2.19. The largest absolute Gasteiger partial charge is 0.507 e. The third-order valence-corrected chi connectivity index (χ3v) is 2.71. The van der Waals surface area contributed by atoms with E-state index in [1.54, 1.807) is 0 Å². The summed E-state index contributed by atoms with van der Waals surface area (Å²) in [5.74, 6) is -0.887. The Labute approximate surface area is 104 Å². The molecular formula is C10H11BrF3NO2. The van der Waals surface area contributed by atoms with Crippen LogP contribution in [0.1, 0.15) is 23.6 Å². The van der Waals surface area contributed by atoms with Crippen molar-refractivity contribution in [3.63, 3.8) is 0 Å². The summed E-state index contributed by atoms with van der Waals surface area (Å²) in [6.45, 7) is -0.269. The third kappa shape index (κ3) is 3.34. The molecule has 0 aliphatic rings. The van der Waals surface area contributed by atoms with Crippen LogP contribution in [0.4, 0.5) is 13.2 Å². The van der Waals surface area contributed by atoms with Gasteiger partial charge in [-0.05, 0) is 18.6 Å². The van der Waals surface area contributed by atoms with Crippen molar-refractivity contribution in [2.45, 2.75) is 18.6 Å². The van der Waals surface area contributed by atoms with E-state index in [-0.39, 0.29) is 23.1 Å². The van der Waals surface area contributed by atoms with Gasteiger partial charge in [-0.2, -0.15) is 13.2 Å². The van der Waals surface area contributed by atoms with E-state index < -0.39 is 23.5 Å². The Morgan fingerprint density at radius 3 is 2.41 bits per heavy atom. The molecule has 96 valence electrons. The summed E-state index contributed by atoms with van der Waals surface area (Å²) in [6, 6.07) is 1.24. The number of rotatable bonds is 3. The van der Waals surface area contributed by atoms with Crippen LogP contribution in [0.3, 0.4) is 0 Å². The summed E-state index contributed by atoms with van der Waals surface area (Å²) < 4.78 is 37.9. The van der Waals surface area contributed by atoms with Gasteiger partial charge in [-0.1, -0.05) is 15.9 Å². The number of phenols is 1. The Morgan fingerprint density at radius 1 is 1.35 bits per heavy atom. The molecule has 0 radical (unpaired) electrons. The molecule has 0 fully saturated rings. The molecular weight excluding hydrogens is 303 g/mol. The van der Waals surface area contributed by atoms with E-state index in [2.05, 4.69) is 15.9 Å². The predicted octanol–water partition coefficient (Wildman–Crippen LogP) is 2.56. The van der Waals surface area contributed by atoms with Gasteiger partial charge in [0, 0.05) is 22.7 Å². The summed E-state index contributed by atoms with van der Waals surface area (Å²) in [5, 5.41) is 18.2. The molecule has 4 N–H and O–H groups in total. The van der Waals surface area contributed by atoms with Gasteiger partial charge in [0.15, 0.2) is 0 Å². The number of benzene rings is 1. The third-order valence-electron chi connectivity index (χ3n) is 2.25. The second-order valence-electron chi connectivity index (χ2n) is 3.51. The molecule has 0 amide bonds. The minimum atomic E-state index is -4.65. The van der Waals surface area contributed by atoms with E-state index >= 15 is 0 Å². The molecule has 0 heterocycles. The average molecular weight is 314 g/mol. The van der Waals surface area contributed by atoms with Crippen molar-refractivity contribution in [3.8, 4) is 5.75 Å². The number of aromatic hydroxyl groups is 1. The number of nitrogens with two attached hydrogens (primary N) is 1. The summed E-state index contributed by atoms with van der Waals surface area (Å²) in [7, 11) is 0. The van der Waals surface area contributed by atoms with Crippen LogP contribution >= 0.6 is 15.9 Å². The quantitative estimate of drug-likeness (QED) is 0.803. The first-order valence-corrected chi connectivity index (χ1v) is 5.52. The molecule has 1 aromatic rings. The van der Waals surface area contributed by atoms with Crippen LogP contribution < -0.4 is 5.73 Å². The van der Waals surface area contributed by atoms with Crippen molar-refractivity contribution in [1.29, 1.82) is 0 Å². The summed E-state index contributed by atoms with van der Waals surface area (Å²) in [6.07, 6.45) is -4.58. The lowest BCUT2D eigenvalue weighted by atomic mass is 10.0. The van der Waals surface area contributed by atoms with Crippen LogP contribution in [0.15, 0.2) is 16.6 Å². The fourth-order valence-electron chi connectivity index (χ4n) is 1.41. The van der Waals surface area contributed by atoms with E-state index in [0.717, 1.165) is 6.07 Å². The highest BCUT2D eigenvalue weighted by Gasteiger charge is 2.35. The highest BCUT2D eigenvalue weighted by atomic mass is 79.9. The zero-order chi connectivity index (χ0) is 13.2. The number of phenolic OH excluding ortho intramolecular Hbond substituents is 1. The van der Waals surface area contributed by atoms with Gasteiger partial charge >= 0.3 is 6.18 Å². The topological polar surface area (TPSA) is 66.5 Å². The standard InChI is InChI=1S/C10H11BrF3NO2/c11-5-3-6(8(15)1-2-16)9(17)7(4-5)10(12,13)14/h3-4,8,16-17H,1-2,15H2.